The number of benzene rings is 2. The number of carbonyl (C=O) groups excluding carboxylic acids is 2. The summed E-state index contributed by atoms with van der Waals surface area (Å²) in [7, 11) is 3.47. The third-order valence-corrected chi connectivity index (χ3v) is 3.31. The topological polar surface area (TPSA) is 63.4 Å². The Morgan fingerprint density at radius 2 is 1.62 bits per heavy atom. The first-order valence-corrected chi connectivity index (χ1v) is 6.67. The quantitative estimate of drug-likeness (QED) is 0.933. The second-order valence-corrected chi connectivity index (χ2v) is 5.07. The summed E-state index contributed by atoms with van der Waals surface area (Å²) >= 11 is 0. The predicted molar refractivity (Wildman–Crippen MR) is 82.8 cm³/mol. The van der Waals surface area contributed by atoms with Crippen LogP contribution in [0.15, 0.2) is 48.5 Å². The van der Waals surface area contributed by atoms with Gasteiger partial charge in [0.1, 0.15) is 0 Å². The molecule has 0 atom stereocenters. The van der Waals surface area contributed by atoms with Crippen LogP contribution in [0.4, 0.5) is 0 Å². The molecule has 0 spiro atoms. The molecule has 0 fully saturated rings. The number of nitrogens with two attached hydrogens (primary N) is 1. The number of nitrogens with zero attached hydrogens (tertiary/aromatic N) is 1. The smallest absolute Gasteiger partial charge is 0.249 e. The van der Waals surface area contributed by atoms with Crippen LogP contribution in [-0.2, 0) is 11.2 Å². The van der Waals surface area contributed by atoms with Crippen LogP contribution in [0.2, 0.25) is 0 Å². The molecule has 4 nitrogen and oxygen atoms in total. The van der Waals surface area contributed by atoms with Crippen molar-refractivity contribution in [1.82, 2.24) is 4.90 Å². The lowest BCUT2D eigenvalue weighted by atomic mass is 9.98. The van der Waals surface area contributed by atoms with Crippen molar-refractivity contribution in [3.05, 3.63) is 59.7 Å². The molecule has 0 saturated carbocycles. The third kappa shape index (κ3) is 3.48. The molecule has 0 saturated heterocycles. The zero-order valence-electron chi connectivity index (χ0n) is 12.2. The van der Waals surface area contributed by atoms with Crippen LogP contribution in [0.5, 0.6) is 0 Å². The molecule has 4 heteroatoms. The summed E-state index contributed by atoms with van der Waals surface area (Å²) in [5, 5.41) is 0. The summed E-state index contributed by atoms with van der Waals surface area (Å²) in [5.41, 5.74) is 8.54. The Hall–Kier alpha value is -2.62. The highest BCUT2D eigenvalue weighted by Gasteiger charge is 2.10. The summed E-state index contributed by atoms with van der Waals surface area (Å²) in [6.45, 7) is 0. The number of rotatable bonds is 4. The largest absolute Gasteiger partial charge is 0.366 e. The van der Waals surface area contributed by atoms with Crippen LogP contribution in [-0.4, -0.2) is 30.8 Å². The molecule has 2 aromatic rings. The summed E-state index contributed by atoms with van der Waals surface area (Å²) in [6, 6.07) is 14.8. The van der Waals surface area contributed by atoms with E-state index in [1.54, 1.807) is 31.1 Å². The van der Waals surface area contributed by atoms with Gasteiger partial charge in [-0.3, -0.25) is 9.59 Å². The van der Waals surface area contributed by atoms with Gasteiger partial charge >= 0.3 is 0 Å². The van der Waals surface area contributed by atoms with Gasteiger partial charge in [0.15, 0.2) is 0 Å². The van der Waals surface area contributed by atoms with Crippen molar-refractivity contribution >= 4 is 11.8 Å². The normalized spacial score (nSPS) is 10.2. The SMILES string of the molecule is CN(C)C(=O)Cc1ccc(-c2ccccc2C(N)=O)cc1. The summed E-state index contributed by atoms with van der Waals surface area (Å²) < 4.78 is 0. The van der Waals surface area contributed by atoms with E-state index in [1.165, 1.54) is 0 Å². The van der Waals surface area contributed by atoms with Crippen molar-refractivity contribution in [2.45, 2.75) is 6.42 Å². The number of hydrogen-bond donors (Lipinski definition) is 1. The Morgan fingerprint density at radius 3 is 2.19 bits per heavy atom. The highest BCUT2D eigenvalue weighted by Crippen LogP contribution is 2.24. The molecule has 0 radical (unpaired) electrons. The summed E-state index contributed by atoms with van der Waals surface area (Å²) in [5.74, 6) is -0.391. The van der Waals surface area contributed by atoms with Gasteiger partial charge in [0.2, 0.25) is 11.8 Å². The maximum Gasteiger partial charge on any atom is 0.249 e. The van der Waals surface area contributed by atoms with Gasteiger partial charge < -0.3 is 10.6 Å². The molecular weight excluding hydrogens is 264 g/mol. The average Bonchev–Trinajstić information content (AvgIpc) is 2.48. The fourth-order valence-corrected chi connectivity index (χ4v) is 2.08. The second-order valence-electron chi connectivity index (χ2n) is 5.07. The van der Waals surface area contributed by atoms with Gasteiger partial charge in [-0.25, -0.2) is 0 Å². The predicted octanol–water partition coefficient (Wildman–Crippen LogP) is 2.08. The van der Waals surface area contributed by atoms with Gasteiger partial charge in [-0.15, -0.1) is 0 Å². The molecule has 108 valence electrons. The minimum atomic E-state index is -0.447. The maximum atomic E-state index is 11.7. The fraction of sp³-hybridized carbons (Fsp3) is 0.176. The van der Waals surface area contributed by atoms with Gasteiger partial charge in [0.05, 0.1) is 6.42 Å². The third-order valence-electron chi connectivity index (χ3n) is 3.31. The number of primary amides is 1. The van der Waals surface area contributed by atoms with Gasteiger partial charge in [-0.05, 0) is 22.8 Å². The summed E-state index contributed by atoms with van der Waals surface area (Å²) in [6.07, 6.45) is 0.366. The monoisotopic (exact) mass is 282 g/mol. The lowest BCUT2D eigenvalue weighted by Crippen LogP contribution is -2.23. The minimum absolute atomic E-state index is 0.0558. The van der Waals surface area contributed by atoms with Crippen molar-refractivity contribution in [1.29, 1.82) is 0 Å². The first-order chi connectivity index (χ1) is 9.99. The standard InChI is InChI=1S/C17H18N2O2/c1-19(2)16(20)11-12-7-9-13(10-8-12)14-5-3-4-6-15(14)17(18)21/h3-10H,11H2,1-2H3,(H2,18,21). The van der Waals surface area contributed by atoms with E-state index in [4.69, 9.17) is 5.73 Å². The van der Waals surface area contributed by atoms with Gasteiger partial charge in [0, 0.05) is 19.7 Å². The second kappa shape index (κ2) is 6.22. The van der Waals surface area contributed by atoms with E-state index in [1.807, 2.05) is 36.4 Å². The van der Waals surface area contributed by atoms with Gasteiger partial charge in [-0.2, -0.15) is 0 Å². The van der Waals surface area contributed by atoms with Crippen LogP contribution in [0, 0.1) is 0 Å². The molecule has 0 aromatic heterocycles. The molecule has 21 heavy (non-hydrogen) atoms. The van der Waals surface area contributed by atoms with Crippen molar-refractivity contribution in [2.24, 2.45) is 5.73 Å². The Labute approximate surface area is 124 Å². The molecule has 2 N–H and O–H groups in total. The molecule has 2 rings (SSSR count). The van der Waals surface area contributed by atoms with E-state index in [0.29, 0.717) is 12.0 Å². The van der Waals surface area contributed by atoms with Crippen molar-refractivity contribution in [2.75, 3.05) is 14.1 Å². The van der Waals surface area contributed by atoms with Crippen LogP contribution in [0.1, 0.15) is 15.9 Å². The Morgan fingerprint density at radius 1 is 1.00 bits per heavy atom. The molecule has 0 aliphatic rings. The number of likely N-dealkylation sites (N-methyl/N-ethyl adjacent to an activating group) is 1. The van der Waals surface area contributed by atoms with E-state index in [9.17, 15) is 9.59 Å². The Bertz CT molecular complexity index is 661. The van der Waals surface area contributed by atoms with Crippen molar-refractivity contribution in [3.63, 3.8) is 0 Å². The molecule has 0 bridgehead atoms. The van der Waals surface area contributed by atoms with Crippen LogP contribution < -0.4 is 5.73 Å². The van der Waals surface area contributed by atoms with Gasteiger partial charge in [-0.1, -0.05) is 42.5 Å². The number of carbonyl (C=O) groups is 2. The highest BCUT2D eigenvalue weighted by molar-refractivity contribution is 5.99. The molecular formula is C17H18N2O2. The molecule has 2 aromatic carbocycles. The van der Waals surface area contributed by atoms with E-state index < -0.39 is 5.91 Å². The zero-order valence-corrected chi connectivity index (χ0v) is 12.2. The lowest BCUT2D eigenvalue weighted by Gasteiger charge is -2.11. The Kier molecular flexibility index (Phi) is 4.38. The molecule has 0 heterocycles. The lowest BCUT2D eigenvalue weighted by molar-refractivity contribution is -0.127. The zero-order chi connectivity index (χ0) is 15.4. The van der Waals surface area contributed by atoms with Crippen LogP contribution in [0.3, 0.4) is 0 Å². The first kappa shape index (κ1) is 14.8. The van der Waals surface area contributed by atoms with Gasteiger partial charge in [0.25, 0.3) is 0 Å². The molecule has 0 unspecified atom stereocenters. The van der Waals surface area contributed by atoms with E-state index in [-0.39, 0.29) is 5.91 Å². The number of amides is 2. The first-order valence-electron chi connectivity index (χ1n) is 6.67. The molecule has 2 amide bonds. The number of hydrogen-bond acceptors (Lipinski definition) is 2. The molecule has 0 aliphatic carbocycles. The van der Waals surface area contributed by atoms with E-state index in [0.717, 1.165) is 16.7 Å². The minimum Gasteiger partial charge on any atom is -0.366 e. The van der Waals surface area contributed by atoms with E-state index in [2.05, 4.69) is 0 Å². The summed E-state index contributed by atoms with van der Waals surface area (Å²) in [4.78, 5) is 24.7. The molecule has 0 aliphatic heterocycles. The fourth-order valence-electron chi connectivity index (χ4n) is 2.08. The average molecular weight is 282 g/mol. The van der Waals surface area contributed by atoms with Crippen molar-refractivity contribution in [3.8, 4) is 11.1 Å². The maximum absolute atomic E-state index is 11.7. The van der Waals surface area contributed by atoms with Crippen LogP contribution >= 0.6 is 0 Å². The highest BCUT2D eigenvalue weighted by atomic mass is 16.2. The van der Waals surface area contributed by atoms with Crippen LogP contribution in [0.25, 0.3) is 11.1 Å². The van der Waals surface area contributed by atoms with E-state index >= 15 is 0 Å². The Balaban J connectivity index is 2.28. The van der Waals surface area contributed by atoms with Crippen molar-refractivity contribution < 1.29 is 9.59 Å².